The molecule has 0 spiro atoms. The molecular weight excluding hydrogens is 364 g/mol. The highest BCUT2D eigenvalue weighted by atomic mass is 16.5. The first-order valence-corrected chi connectivity index (χ1v) is 10.2. The fourth-order valence-electron chi connectivity index (χ4n) is 3.29. The molecule has 5 heteroatoms. The van der Waals surface area contributed by atoms with E-state index in [4.69, 9.17) is 4.74 Å². The lowest BCUT2D eigenvalue weighted by Crippen LogP contribution is -2.49. The molecule has 2 aromatic carbocycles. The third-order valence-corrected chi connectivity index (χ3v) is 5.00. The Balaban J connectivity index is 2.21. The zero-order valence-electron chi connectivity index (χ0n) is 18.1. The van der Waals surface area contributed by atoms with Crippen molar-refractivity contribution in [3.8, 4) is 5.75 Å². The van der Waals surface area contributed by atoms with Crippen LogP contribution >= 0.6 is 0 Å². The lowest BCUT2D eigenvalue weighted by molar-refractivity contribution is -0.142. The van der Waals surface area contributed by atoms with Gasteiger partial charge in [0.1, 0.15) is 11.8 Å². The van der Waals surface area contributed by atoms with Gasteiger partial charge >= 0.3 is 0 Å². The highest BCUT2D eigenvalue weighted by Crippen LogP contribution is 2.26. The van der Waals surface area contributed by atoms with Gasteiger partial charge in [-0.25, -0.2) is 0 Å². The Kier molecular flexibility index (Phi) is 8.25. The molecule has 0 heterocycles. The summed E-state index contributed by atoms with van der Waals surface area (Å²) < 4.78 is 5.88. The number of hydrogen-bond donors (Lipinski definition) is 1. The summed E-state index contributed by atoms with van der Waals surface area (Å²) in [5, 5.41) is 2.67. The van der Waals surface area contributed by atoms with Gasteiger partial charge in [-0.2, -0.15) is 0 Å². The number of amides is 2. The lowest BCUT2D eigenvalue weighted by atomic mass is 10.0. The van der Waals surface area contributed by atoms with E-state index in [1.165, 1.54) is 0 Å². The highest BCUT2D eigenvalue weighted by Gasteiger charge is 2.28. The van der Waals surface area contributed by atoms with E-state index in [-0.39, 0.29) is 18.4 Å². The summed E-state index contributed by atoms with van der Waals surface area (Å²) in [6, 6.07) is 15.2. The zero-order chi connectivity index (χ0) is 21.4. The minimum absolute atomic E-state index is 0.108. The molecule has 29 heavy (non-hydrogen) atoms. The number of carbonyl (C=O) groups excluding carboxylic acids is 2. The van der Waals surface area contributed by atoms with Gasteiger partial charge in [-0.1, -0.05) is 68.8 Å². The molecule has 0 unspecified atom stereocenters. The molecule has 5 nitrogen and oxygen atoms in total. The lowest BCUT2D eigenvalue weighted by Gasteiger charge is -2.30. The average Bonchev–Trinajstić information content (AvgIpc) is 2.73. The average molecular weight is 397 g/mol. The van der Waals surface area contributed by atoms with Crippen LogP contribution < -0.4 is 10.1 Å². The van der Waals surface area contributed by atoms with Crippen LogP contribution in [0.15, 0.2) is 48.5 Å². The van der Waals surface area contributed by atoms with Crippen LogP contribution in [0.3, 0.4) is 0 Å². The first-order chi connectivity index (χ1) is 13.9. The van der Waals surface area contributed by atoms with Crippen molar-refractivity contribution in [2.24, 2.45) is 0 Å². The van der Waals surface area contributed by atoms with Crippen molar-refractivity contribution in [1.82, 2.24) is 10.2 Å². The quantitative estimate of drug-likeness (QED) is 0.696. The topological polar surface area (TPSA) is 58.6 Å². The van der Waals surface area contributed by atoms with Crippen molar-refractivity contribution in [3.63, 3.8) is 0 Å². The van der Waals surface area contributed by atoms with Crippen molar-refractivity contribution in [2.45, 2.75) is 52.6 Å². The Bertz CT molecular complexity index is 815. The SMILES string of the molecule is CC[C@H](C(=O)NC)N(Cc1ccc(C)cc1)C(=O)COc1ccccc1C(C)C. The summed E-state index contributed by atoms with van der Waals surface area (Å²) in [4.78, 5) is 27.1. The third kappa shape index (κ3) is 6.08. The van der Waals surface area contributed by atoms with E-state index in [9.17, 15) is 9.59 Å². The Labute approximate surface area is 174 Å². The largest absolute Gasteiger partial charge is 0.483 e. The van der Waals surface area contributed by atoms with Gasteiger partial charge in [-0.3, -0.25) is 9.59 Å². The molecule has 2 amide bonds. The van der Waals surface area contributed by atoms with Gasteiger partial charge in [-0.05, 0) is 36.5 Å². The van der Waals surface area contributed by atoms with Gasteiger partial charge in [0.05, 0.1) is 0 Å². The van der Waals surface area contributed by atoms with Crippen LogP contribution in [0, 0.1) is 6.92 Å². The van der Waals surface area contributed by atoms with Gasteiger partial charge in [0.2, 0.25) is 5.91 Å². The summed E-state index contributed by atoms with van der Waals surface area (Å²) in [5.74, 6) is 0.619. The monoisotopic (exact) mass is 396 g/mol. The standard InChI is InChI=1S/C24H32N2O3/c1-6-21(24(28)25-5)26(15-19-13-11-18(4)12-14-19)23(27)16-29-22-10-8-7-9-20(22)17(2)3/h7-14,17,21H,6,15-16H2,1-5H3,(H,25,28)/t21-/m1/s1. The normalized spacial score (nSPS) is 11.8. The molecule has 0 saturated carbocycles. The molecule has 1 N–H and O–H groups in total. The van der Waals surface area contributed by atoms with Crippen molar-refractivity contribution < 1.29 is 14.3 Å². The number of hydrogen-bond acceptors (Lipinski definition) is 3. The van der Waals surface area contributed by atoms with Crippen LogP contribution in [-0.2, 0) is 16.1 Å². The number of para-hydroxylation sites is 1. The molecule has 2 rings (SSSR count). The summed E-state index contributed by atoms with van der Waals surface area (Å²) in [6.45, 7) is 8.36. The maximum atomic E-state index is 13.1. The summed E-state index contributed by atoms with van der Waals surface area (Å²) in [7, 11) is 1.59. The molecule has 0 saturated heterocycles. The number of aryl methyl sites for hydroxylation is 1. The molecule has 0 bridgehead atoms. The van der Waals surface area contributed by atoms with Gasteiger partial charge in [0.25, 0.3) is 5.91 Å². The predicted octanol–water partition coefficient (Wildman–Crippen LogP) is 4.05. The molecular formula is C24H32N2O3. The number of carbonyl (C=O) groups is 2. The van der Waals surface area contributed by atoms with E-state index in [0.717, 1.165) is 16.7 Å². The Morgan fingerprint density at radius 3 is 2.31 bits per heavy atom. The third-order valence-electron chi connectivity index (χ3n) is 5.00. The molecule has 2 aromatic rings. The number of ether oxygens (including phenoxy) is 1. The van der Waals surface area contributed by atoms with Gasteiger partial charge in [0, 0.05) is 13.6 Å². The number of nitrogens with zero attached hydrogens (tertiary/aromatic N) is 1. The molecule has 0 aromatic heterocycles. The van der Waals surface area contributed by atoms with Crippen LogP contribution in [-0.4, -0.2) is 36.4 Å². The summed E-state index contributed by atoms with van der Waals surface area (Å²) in [6.07, 6.45) is 0.528. The van der Waals surface area contributed by atoms with Crippen LogP contribution in [0.5, 0.6) is 5.75 Å². The second kappa shape index (κ2) is 10.6. The maximum Gasteiger partial charge on any atom is 0.261 e. The second-order valence-electron chi connectivity index (χ2n) is 7.53. The van der Waals surface area contributed by atoms with Crippen molar-refractivity contribution in [1.29, 1.82) is 0 Å². The molecule has 0 aliphatic heterocycles. The van der Waals surface area contributed by atoms with Gasteiger partial charge in [0.15, 0.2) is 6.61 Å². The van der Waals surface area contributed by atoms with E-state index in [1.807, 2.05) is 62.4 Å². The predicted molar refractivity (Wildman–Crippen MR) is 116 cm³/mol. The fraction of sp³-hybridized carbons (Fsp3) is 0.417. The number of benzene rings is 2. The zero-order valence-corrected chi connectivity index (χ0v) is 18.1. The van der Waals surface area contributed by atoms with E-state index in [1.54, 1.807) is 11.9 Å². The van der Waals surface area contributed by atoms with Crippen molar-refractivity contribution in [3.05, 3.63) is 65.2 Å². The smallest absolute Gasteiger partial charge is 0.261 e. The van der Waals surface area contributed by atoms with Crippen LogP contribution in [0.25, 0.3) is 0 Å². The molecule has 156 valence electrons. The Morgan fingerprint density at radius 2 is 1.72 bits per heavy atom. The first-order valence-electron chi connectivity index (χ1n) is 10.2. The maximum absolute atomic E-state index is 13.1. The molecule has 0 aliphatic rings. The minimum Gasteiger partial charge on any atom is -0.483 e. The van der Waals surface area contributed by atoms with Crippen molar-refractivity contribution >= 4 is 11.8 Å². The van der Waals surface area contributed by atoms with Crippen LogP contribution in [0.2, 0.25) is 0 Å². The minimum atomic E-state index is -0.544. The number of rotatable bonds is 9. The van der Waals surface area contributed by atoms with E-state index >= 15 is 0 Å². The summed E-state index contributed by atoms with van der Waals surface area (Å²) >= 11 is 0. The Morgan fingerprint density at radius 1 is 1.07 bits per heavy atom. The highest BCUT2D eigenvalue weighted by molar-refractivity contribution is 5.88. The van der Waals surface area contributed by atoms with E-state index in [0.29, 0.717) is 24.6 Å². The molecule has 0 radical (unpaired) electrons. The van der Waals surface area contributed by atoms with E-state index < -0.39 is 6.04 Å². The Hall–Kier alpha value is -2.82. The molecule has 1 atom stereocenters. The summed E-state index contributed by atoms with van der Waals surface area (Å²) in [5.41, 5.74) is 3.19. The molecule has 0 fully saturated rings. The van der Waals surface area contributed by atoms with Gasteiger partial charge in [-0.15, -0.1) is 0 Å². The molecule has 0 aliphatic carbocycles. The van der Waals surface area contributed by atoms with E-state index in [2.05, 4.69) is 19.2 Å². The first kappa shape index (κ1) is 22.5. The number of nitrogens with one attached hydrogen (secondary N) is 1. The fourth-order valence-corrected chi connectivity index (χ4v) is 3.29. The number of likely N-dealkylation sites (N-methyl/N-ethyl adjacent to an activating group) is 1. The van der Waals surface area contributed by atoms with Crippen LogP contribution in [0.4, 0.5) is 0 Å². The van der Waals surface area contributed by atoms with Gasteiger partial charge < -0.3 is 15.0 Å². The van der Waals surface area contributed by atoms with Crippen LogP contribution in [0.1, 0.15) is 49.8 Å². The second-order valence-corrected chi connectivity index (χ2v) is 7.53. The van der Waals surface area contributed by atoms with Crippen molar-refractivity contribution in [2.75, 3.05) is 13.7 Å².